The molecule has 5 rings (SSSR count). The SMILES string of the molecule is CC1CN(CCOc2ccc(CC3c4ccc(O)cc4CCN3c3ccc(F)cc3)cc2)CC(C)O1. The molecule has 36 heavy (non-hydrogen) atoms. The van der Waals surface area contributed by atoms with Gasteiger partial charge in [-0.05, 0) is 91.9 Å². The van der Waals surface area contributed by atoms with Crippen molar-refractivity contribution >= 4 is 5.69 Å². The molecule has 6 heteroatoms. The number of rotatable bonds is 7. The monoisotopic (exact) mass is 490 g/mol. The Morgan fingerprint density at radius 3 is 2.42 bits per heavy atom. The van der Waals surface area contributed by atoms with Crippen molar-refractivity contribution in [1.29, 1.82) is 0 Å². The summed E-state index contributed by atoms with van der Waals surface area (Å²) >= 11 is 0. The highest BCUT2D eigenvalue weighted by Crippen LogP contribution is 2.37. The van der Waals surface area contributed by atoms with Crippen molar-refractivity contribution in [3.8, 4) is 11.5 Å². The van der Waals surface area contributed by atoms with Crippen molar-refractivity contribution in [3.05, 3.63) is 89.2 Å². The van der Waals surface area contributed by atoms with Crippen LogP contribution in [0.1, 0.15) is 36.6 Å². The summed E-state index contributed by atoms with van der Waals surface area (Å²) in [5.41, 5.74) is 4.59. The van der Waals surface area contributed by atoms with Crippen LogP contribution in [0.2, 0.25) is 0 Å². The van der Waals surface area contributed by atoms with Crippen LogP contribution in [0, 0.1) is 5.82 Å². The van der Waals surface area contributed by atoms with Gasteiger partial charge < -0.3 is 19.5 Å². The molecule has 0 bridgehead atoms. The van der Waals surface area contributed by atoms with E-state index in [1.807, 2.05) is 36.4 Å². The van der Waals surface area contributed by atoms with Crippen LogP contribution < -0.4 is 9.64 Å². The Balaban J connectivity index is 1.26. The van der Waals surface area contributed by atoms with Crippen molar-refractivity contribution in [3.63, 3.8) is 0 Å². The van der Waals surface area contributed by atoms with Crippen molar-refractivity contribution in [2.75, 3.05) is 37.7 Å². The van der Waals surface area contributed by atoms with Crippen LogP contribution >= 0.6 is 0 Å². The Hall–Kier alpha value is -3.09. The number of phenols is 1. The fraction of sp³-hybridized carbons (Fsp3) is 0.400. The lowest BCUT2D eigenvalue weighted by Gasteiger charge is -2.39. The van der Waals surface area contributed by atoms with E-state index in [9.17, 15) is 9.50 Å². The predicted molar refractivity (Wildman–Crippen MR) is 140 cm³/mol. The fourth-order valence-corrected chi connectivity index (χ4v) is 5.56. The van der Waals surface area contributed by atoms with Crippen LogP contribution in [-0.2, 0) is 17.6 Å². The normalized spacial score (nSPS) is 22.3. The number of aromatic hydroxyl groups is 1. The molecule has 3 atom stereocenters. The van der Waals surface area contributed by atoms with Gasteiger partial charge in [0.2, 0.25) is 0 Å². The highest BCUT2D eigenvalue weighted by Gasteiger charge is 2.28. The zero-order valence-corrected chi connectivity index (χ0v) is 21.1. The molecule has 2 aliphatic heterocycles. The van der Waals surface area contributed by atoms with Gasteiger partial charge in [0, 0.05) is 31.9 Å². The van der Waals surface area contributed by atoms with E-state index >= 15 is 0 Å². The third-order valence-electron chi connectivity index (χ3n) is 7.17. The lowest BCUT2D eigenvalue weighted by molar-refractivity contribution is -0.0699. The molecule has 2 heterocycles. The number of nitrogens with zero attached hydrogens (tertiary/aromatic N) is 2. The lowest BCUT2D eigenvalue weighted by Crippen LogP contribution is -2.46. The van der Waals surface area contributed by atoms with Gasteiger partial charge in [-0.3, -0.25) is 4.90 Å². The first-order valence-corrected chi connectivity index (χ1v) is 12.9. The second-order valence-electron chi connectivity index (χ2n) is 10.0. The molecule has 0 amide bonds. The summed E-state index contributed by atoms with van der Waals surface area (Å²) < 4.78 is 25.4. The average molecular weight is 491 g/mol. The number of fused-ring (bicyclic) bond motifs is 1. The van der Waals surface area contributed by atoms with Crippen molar-refractivity contribution in [2.45, 2.75) is 44.9 Å². The zero-order valence-electron chi connectivity index (χ0n) is 21.1. The Morgan fingerprint density at radius 2 is 1.69 bits per heavy atom. The highest BCUT2D eigenvalue weighted by molar-refractivity contribution is 5.53. The molecular weight excluding hydrogens is 455 g/mol. The van der Waals surface area contributed by atoms with Crippen molar-refractivity contribution in [2.24, 2.45) is 0 Å². The zero-order chi connectivity index (χ0) is 25.1. The quantitative estimate of drug-likeness (QED) is 0.483. The molecule has 0 aliphatic carbocycles. The summed E-state index contributed by atoms with van der Waals surface area (Å²) in [5.74, 6) is 0.938. The molecule has 1 saturated heterocycles. The van der Waals surface area contributed by atoms with Crippen LogP contribution in [-0.4, -0.2) is 55.0 Å². The molecule has 5 nitrogen and oxygen atoms in total. The molecule has 1 N–H and O–H groups in total. The molecule has 3 unspecified atom stereocenters. The molecule has 2 aliphatic rings. The van der Waals surface area contributed by atoms with E-state index in [-0.39, 0.29) is 24.1 Å². The third-order valence-corrected chi connectivity index (χ3v) is 7.17. The van der Waals surface area contributed by atoms with Crippen molar-refractivity contribution < 1.29 is 19.0 Å². The maximum Gasteiger partial charge on any atom is 0.123 e. The van der Waals surface area contributed by atoms with Gasteiger partial charge in [-0.25, -0.2) is 4.39 Å². The van der Waals surface area contributed by atoms with E-state index in [1.54, 1.807) is 6.07 Å². The number of ether oxygens (including phenoxy) is 2. The van der Waals surface area contributed by atoms with E-state index in [0.717, 1.165) is 50.5 Å². The minimum absolute atomic E-state index is 0.0943. The van der Waals surface area contributed by atoms with Gasteiger partial charge in [0.25, 0.3) is 0 Å². The minimum Gasteiger partial charge on any atom is -0.508 e. The van der Waals surface area contributed by atoms with Crippen LogP contribution in [0.5, 0.6) is 11.5 Å². The molecule has 0 spiro atoms. The first-order chi connectivity index (χ1) is 17.4. The number of anilines is 1. The van der Waals surface area contributed by atoms with Crippen LogP contribution in [0.4, 0.5) is 10.1 Å². The van der Waals surface area contributed by atoms with Crippen LogP contribution in [0.25, 0.3) is 0 Å². The summed E-state index contributed by atoms with van der Waals surface area (Å²) in [7, 11) is 0. The summed E-state index contributed by atoms with van der Waals surface area (Å²) in [5, 5.41) is 10.0. The molecule has 3 aromatic rings. The summed E-state index contributed by atoms with van der Waals surface area (Å²) in [6.07, 6.45) is 2.16. The molecule has 0 radical (unpaired) electrons. The first kappa shape index (κ1) is 24.6. The van der Waals surface area contributed by atoms with Crippen molar-refractivity contribution in [1.82, 2.24) is 4.90 Å². The van der Waals surface area contributed by atoms with Crippen LogP contribution in [0.15, 0.2) is 66.7 Å². The topological polar surface area (TPSA) is 45.2 Å². The molecule has 0 aromatic heterocycles. The standard InChI is InChI=1S/C30H35FN2O3/c1-21-19-32(20-22(2)36-21)15-16-35-28-10-3-23(4-11-28)17-30-29-12-9-27(34)18-24(29)13-14-33(30)26-7-5-25(31)6-8-26/h3-12,18,21-22,30,34H,13-17,19-20H2,1-2H3. The van der Waals surface area contributed by atoms with Gasteiger partial charge in [0.05, 0.1) is 18.2 Å². The summed E-state index contributed by atoms with van der Waals surface area (Å²) in [6, 6.07) is 20.8. The third kappa shape index (κ3) is 5.82. The lowest BCUT2D eigenvalue weighted by atomic mass is 9.88. The smallest absolute Gasteiger partial charge is 0.123 e. The maximum atomic E-state index is 13.6. The highest BCUT2D eigenvalue weighted by atomic mass is 19.1. The minimum atomic E-state index is -0.231. The Bertz CT molecular complexity index is 1140. The second kappa shape index (κ2) is 10.9. The Labute approximate surface area is 213 Å². The fourth-order valence-electron chi connectivity index (χ4n) is 5.56. The van der Waals surface area contributed by atoms with Gasteiger partial charge in [0.15, 0.2) is 0 Å². The van der Waals surface area contributed by atoms with Crippen LogP contribution in [0.3, 0.4) is 0 Å². The van der Waals surface area contributed by atoms with E-state index < -0.39 is 0 Å². The average Bonchev–Trinajstić information content (AvgIpc) is 2.85. The first-order valence-electron chi connectivity index (χ1n) is 12.9. The Morgan fingerprint density at radius 1 is 0.972 bits per heavy atom. The number of hydrogen-bond acceptors (Lipinski definition) is 5. The largest absolute Gasteiger partial charge is 0.508 e. The number of benzene rings is 3. The van der Waals surface area contributed by atoms with E-state index in [1.165, 1.54) is 28.8 Å². The number of phenolic OH excluding ortho intramolecular Hbond substituents is 1. The molecule has 0 saturated carbocycles. The second-order valence-corrected chi connectivity index (χ2v) is 10.0. The number of halogens is 1. The number of hydrogen-bond donors (Lipinski definition) is 1. The van der Waals surface area contributed by atoms with Gasteiger partial charge in [-0.1, -0.05) is 18.2 Å². The molecule has 190 valence electrons. The molecule has 1 fully saturated rings. The summed E-state index contributed by atoms with van der Waals surface area (Å²) in [6.45, 7) is 8.47. The molecular formula is C30H35FN2O3. The van der Waals surface area contributed by atoms with Gasteiger partial charge >= 0.3 is 0 Å². The number of morpholine rings is 1. The van der Waals surface area contributed by atoms with E-state index in [0.29, 0.717) is 12.4 Å². The van der Waals surface area contributed by atoms with E-state index in [4.69, 9.17) is 9.47 Å². The Kier molecular flexibility index (Phi) is 7.44. The predicted octanol–water partition coefficient (Wildman–Crippen LogP) is 5.37. The van der Waals surface area contributed by atoms with Gasteiger partial charge in [-0.15, -0.1) is 0 Å². The maximum absolute atomic E-state index is 13.6. The molecule has 3 aromatic carbocycles. The van der Waals surface area contributed by atoms with Gasteiger partial charge in [0.1, 0.15) is 23.9 Å². The summed E-state index contributed by atoms with van der Waals surface area (Å²) in [4.78, 5) is 4.74. The van der Waals surface area contributed by atoms with Gasteiger partial charge in [-0.2, -0.15) is 0 Å². The van der Waals surface area contributed by atoms with E-state index in [2.05, 4.69) is 35.8 Å².